The normalized spacial score (nSPS) is 18.1. The van der Waals surface area contributed by atoms with E-state index in [0.29, 0.717) is 18.5 Å². The molecule has 1 saturated heterocycles. The molecule has 0 aliphatic carbocycles. The van der Waals surface area contributed by atoms with Gasteiger partial charge in [-0.3, -0.25) is 4.79 Å². The van der Waals surface area contributed by atoms with Crippen molar-refractivity contribution in [3.63, 3.8) is 0 Å². The number of fused-ring (bicyclic) bond motifs is 1. The third-order valence-electron chi connectivity index (χ3n) is 5.00. The van der Waals surface area contributed by atoms with E-state index in [4.69, 9.17) is 0 Å². The number of thioether (sulfide) groups is 1. The van der Waals surface area contributed by atoms with E-state index in [1.165, 1.54) is 11.8 Å². The van der Waals surface area contributed by atoms with Crippen LogP contribution in [0, 0.1) is 0 Å². The quantitative estimate of drug-likeness (QED) is 0.584. The second kappa shape index (κ2) is 8.59. The molecule has 1 fully saturated rings. The van der Waals surface area contributed by atoms with E-state index in [1.54, 1.807) is 6.07 Å². The molecule has 2 heterocycles. The number of nitrogens with one attached hydrogen (secondary N) is 1. The molecule has 152 valence electrons. The van der Waals surface area contributed by atoms with Crippen LogP contribution < -0.4 is 5.32 Å². The second-order valence-corrected chi connectivity index (χ2v) is 10.7. The van der Waals surface area contributed by atoms with Crippen molar-refractivity contribution >= 4 is 38.5 Å². The predicted octanol–water partition coefficient (Wildman–Crippen LogP) is 3.14. The molecule has 4 rings (SSSR count). The van der Waals surface area contributed by atoms with E-state index in [0.717, 1.165) is 28.9 Å². The molecule has 1 atom stereocenters. The van der Waals surface area contributed by atoms with Gasteiger partial charge in [0.15, 0.2) is 9.84 Å². The number of hydrogen-bond acceptors (Lipinski definition) is 5. The number of para-hydroxylation sites is 2. The van der Waals surface area contributed by atoms with Crippen LogP contribution in [0.25, 0.3) is 11.0 Å². The number of benzene rings is 2. The monoisotopic (exact) mass is 429 g/mol. The highest BCUT2D eigenvalue weighted by Gasteiger charge is 2.29. The van der Waals surface area contributed by atoms with Gasteiger partial charge in [0.25, 0.3) is 5.91 Å². The molecule has 6 nitrogen and oxygen atoms in total. The largest absolute Gasteiger partial charge is 0.352 e. The second-order valence-electron chi connectivity index (χ2n) is 7.18. The molecule has 3 aromatic rings. The Morgan fingerprint density at radius 3 is 2.79 bits per heavy atom. The summed E-state index contributed by atoms with van der Waals surface area (Å²) in [6.07, 6.45) is 3.26. The van der Waals surface area contributed by atoms with Crippen LogP contribution in [0.3, 0.4) is 0 Å². The molecule has 0 radical (unpaired) electrons. The minimum absolute atomic E-state index is 0.0171. The number of amides is 1. The molecule has 29 heavy (non-hydrogen) atoms. The summed E-state index contributed by atoms with van der Waals surface area (Å²) in [6, 6.07) is 15.4. The van der Waals surface area contributed by atoms with E-state index in [-0.39, 0.29) is 22.7 Å². The van der Waals surface area contributed by atoms with E-state index in [9.17, 15) is 13.2 Å². The van der Waals surface area contributed by atoms with Crippen molar-refractivity contribution in [2.45, 2.75) is 29.5 Å². The lowest BCUT2D eigenvalue weighted by atomic mass is 10.2. The average molecular weight is 430 g/mol. The minimum Gasteiger partial charge on any atom is -0.352 e. The zero-order valence-electron chi connectivity index (χ0n) is 16.0. The number of hydrogen-bond donors (Lipinski definition) is 1. The van der Waals surface area contributed by atoms with Gasteiger partial charge in [-0.15, -0.1) is 11.8 Å². The van der Waals surface area contributed by atoms with Crippen LogP contribution in [0.1, 0.15) is 23.2 Å². The molecule has 0 spiro atoms. The molecule has 8 heteroatoms. The van der Waals surface area contributed by atoms with Gasteiger partial charge in [-0.25, -0.2) is 13.4 Å². The van der Waals surface area contributed by atoms with E-state index >= 15 is 0 Å². The van der Waals surface area contributed by atoms with Crippen LogP contribution in [-0.4, -0.2) is 47.2 Å². The summed E-state index contributed by atoms with van der Waals surface area (Å²) in [4.78, 5) is 17.9. The molecule has 0 saturated carbocycles. The lowest BCUT2D eigenvalue weighted by Crippen LogP contribution is -2.26. The summed E-state index contributed by atoms with van der Waals surface area (Å²) in [5.74, 6) is 0.304. The molecule has 0 unspecified atom stereocenters. The van der Waals surface area contributed by atoms with Crippen molar-refractivity contribution in [2.75, 3.05) is 18.1 Å². The minimum atomic E-state index is -2.93. The number of carbonyl (C=O) groups is 1. The van der Waals surface area contributed by atoms with Crippen molar-refractivity contribution in [1.82, 2.24) is 14.9 Å². The van der Waals surface area contributed by atoms with Crippen molar-refractivity contribution in [2.24, 2.45) is 0 Å². The van der Waals surface area contributed by atoms with Gasteiger partial charge >= 0.3 is 0 Å². The Kier molecular flexibility index (Phi) is 5.91. The first-order valence-corrected chi connectivity index (χ1v) is 12.4. The summed E-state index contributed by atoms with van der Waals surface area (Å²) in [6.45, 7) is 1.33. The Balaban J connectivity index is 1.33. The molecular formula is C21H23N3O3S2. The predicted molar refractivity (Wildman–Crippen MR) is 116 cm³/mol. The topological polar surface area (TPSA) is 81.1 Å². The fraction of sp³-hybridized carbons (Fsp3) is 0.333. The van der Waals surface area contributed by atoms with Gasteiger partial charge in [-0.05, 0) is 37.1 Å². The molecule has 1 amide bonds. The molecular weight excluding hydrogens is 406 g/mol. The van der Waals surface area contributed by atoms with Gasteiger partial charge < -0.3 is 9.88 Å². The number of carbonyl (C=O) groups excluding carboxylic acids is 1. The fourth-order valence-corrected chi connectivity index (χ4v) is 7.15. The summed E-state index contributed by atoms with van der Waals surface area (Å²) in [5.41, 5.74) is 2.67. The third kappa shape index (κ3) is 4.82. The lowest BCUT2D eigenvalue weighted by molar-refractivity contribution is 0.0950. The number of imidazole rings is 1. The van der Waals surface area contributed by atoms with Crippen LogP contribution in [0.4, 0.5) is 0 Å². The first kappa shape index (κ1) is 20.0. The zero-order valence-corrected chi connectivity index (χ0v) is 17.6. The Labute approximate surface area is 174 Å². The smallest absolute Gasteiger partial charge is 0.252 e. The van der Waals surface area contributed by atoms with Gasteiger partial charge in [0.05, 0.1) is 34.4 Å². The Bertz CT molecular complexity index is 1120. The van der Waals surface area contributed by atoms with Crippen molar-refractivity contribution in [3.05, 3.63) is 60.4 Å². The summed E-state index contributed by atoms with van der Waals surface area (Å²) in [7, 11) is -2.93. The number of sulfone groups is 1. The summed E-state index contributed by atoms with van der Waals surface area (Å²) >= 11 is 1.49. The van der Waals surface area contributed by atoms with Crippen LogP contribution in [0.15, 0.2) is 59.8 Å². The highest BCUT2D eigenvalue weighted by molar-refractivity contribution is 8.02. The number of rotatable bonds is 7. The number of aromatic nitrogens is 2. The van der Waals surface area contributed by atoms with Crippen molar-refractivity contribution in [1.29, 1.82) is 0 Å². The van der Waals surface area contributed by atoms with E-state index < -0.39 is 9.84 Å². The van der Waals surface area contributed by atoms with E-state index in [2.05, 4.69) is 14.9 Å². The van der Waals surface area contributed by atoms with E-state index in [1.807, 2.05) is 48.8 Å². The standard InChI is InChI=1S/C21H23N3O3S2/c25-21(22-11-5-12-24-15-23-18-7-2-3-8-19(18)24)17-6-1-4-9-20(17)28-16-10-13-29(26,27)14-16/h1-4,6-9,15-16H,5,10-14H2,(H,22,25)/t16-/m0/s1. The maximum atomic E-state index is 12.7. The Hall–Kier alpha value is -2.32. The fourth-order valence-electron chi connectivity index (χ4n) is 3.53. The number of aryl methyl sites for hydroxylation is 1. The Morgan fingerprint density at radius 2 is 1.97 bits per heavy atom. The molecule has 1 aliphatic heterocycles. The van der Waals surface area contributed by atoms with Gasteiger partial charge in [-0.1, -0.05) is 24.3 Å². The van der Waals surface area contributed by atoms with Gasteiger partial charge in [0, 0.05) is 23.2 Å². The number of nitrogens with zero attached hydrogens (tertiary/aromatic N) is 2. The van der Waals surface area contributed by atoms with Gasteiger partial charge in [-0.2, -0.15) is 0 Å². The first-order valence-electron chi connectivity index (χ1n) is 9.66. The average Bonchev–Trinajstić information content (AvgIpc) is 3.28. The van der Waals surface area contributed by atoms with Crippen LogP contribution in [0.2, 0.25) is 0 Å². The van der Waals surface area contributed by atoms with Crippen LogP contribution >= 0.6 is 11.8 Å². The molecule has 1 aliphatic rings. The van der Waals surface area contributed by atoms with Crippen molar-refractivity contribution in [3.8, 4) is 0 Å². The highest BCUT2D eigenvalue weighted by Crippen LogP contribution is 2.33. The van der Waals surface area contributed by atoms with Gasteiger partial charge in [0.2, 0.25) is 0 Å². The zero-order chi connectivity index (χ0) is 20.3. The van der Waals surface area contributed by atoms with Crippen molar-refractivity contribution < 1.29 is 13.2 Å². The SMILES string of the molecule is O=C(NCCCn1cnc2ccccc21)c1ccccc1S[C@H]1CCS(=O)(=O)C1. The molecule has 2 aromatic carbocycles. The maximum absolute atomic E-state index is 12.7. The summed E-state index contributed by atoms with van der Waals surface area (Å²) < 4.78 is 25.5. The molecule has 1 aromatic heterocycles. The lowest BCUT2D eigenvalue weighted by Gasteiger charge is -2.13. The Morgan fingerprint density at radius 1 is 1.17 bits per heavy atom. The highest BCUT2D eigenvalue weighted by atomic mass is 32.2. The van der Waals surface area contributed by atoms with Gasteiger partial charge in [0.1, 0.15) is 0 Å². The maximum Gasteiger partial charge on any atom is 0.252 e. The first-order chi connectivity index (χ1) is 14.0. The molecule has 1 N–H and O–H groups in total. The summed E-state index contributed by atoms with van der Waals surface area (Å²) in [5, 5.41) is 3.00. The third-order valence-corrected chi connectivity index (χ3v) is 8.33. The van der Waals surface area contributed by atoms with Crippen LogP contribution in [0.5, 0.6) is 0 Å². The molecule has 0 bridgehead atoms. The van der Waals surface area contributed by atoms with Crippen LogP contribution in [-0.2, 0) is 16.4 Å².